The van der Waals surface area contributed by atoms with Gasteiger partial charge in [0.15, 0.2) is 0 Å². The normalized spacial score (nSPS) is 24.6. The van der Waals surface area contributed by atoms with Crippen LogP contribution in [0.15, 0.2) is 0 Å². The van der Waals surface area contributed by atoms with Crippen molar-refractivity contribution in [3.05, 3.63) is 0 Å². The first-order valence-corrected chi connectivity index (χ1v) is 6.67. The average molecular weight is 261 g/mol. The molecule has 0 aliphatic heterocycles. The Morgan fingerprint density at radius 1 is 1.18 bits per heavy atom. The summed E-state index contributed by atoms with van der Waals surface area (Å²) in [4.78, 5) is 12.0. The van der Waals surface area contributed by atoms with E-state index in [0.717, 1.165) is 32.2 Å². The number of carbonyl (C=O) groups is 1. The summed E-state index contributed by atoms with van der Waals surface area (Å²) in [5.74, 6) is 0.0877. The molecule has 2 aliphatic rings. The minimum atomic E-state index is -0.557. The van der Waals surface area contributed by atoms with Crippen molar-refractivity contribution in [3.63, 3.8) is 0 Å². The fraction of sp³-hybridized carbons (Fsp3) is 0.923. The summed E-state index contributed by atoms with van der Waals surface area (Å²) in [6.45, 7) is 3.06. The molecule has 0 heterocycles. The minimum absolute atomic E-state index is 0. The van der Waals surface area contributed by atoms with Crippen molar-refractivity contribution in [3.8, 4) is 0 Å². The Labute approximate surface area is 110 Å². The molecule has 0 aromatic rings. The van der Waals surface area contributed by atoms with Gasteiger partial charge in [-0.2, -0.15) is 0 Å². The van der Waals surface area contributed by atoms with Crippen LogP contribution in [0.5, 0.6) is 0 Å². The van der Waals surface area contributed by atoms with Crippen LogP contribution in [0.1, 0.15) is 58.3 Å². The van der Waals surface area contributed by atoms with E-state index in [0.29, 0.717) is 5.41 Å². The molecule has 2 rings (SSSR count). The van der Waals surface area contributed by atoms with E-state index in [4.69, 9.17) is 5.73 Å². The fourth-order valence-electron chi connectivity index (χ4n) is 3.01. The lowest BCUT2D eigenvalue weighted by Gasteiger charge is -2.42. The van der Waals surface area contributed by atoms with Gasteiger partial charge in [-0.05, 0) is 37.5 Å². The van der Waals surface area contributed by atoms with Gasteiger partial charge in [0.05, 0.1) is 5.54 Å². The van der Waals surface area contributed by atoms with Crippen LogP contribution in [0.3, 0.4) is 0 Å². The Morgan fingerprint density at radius 2 is 1.76 bits per heavy atom. The molecule has 2 aliphatic carbocycles. The molecule has 0 unspecified atom stereocenters. The summed E-state index contributed by atoms with van der Waals surface area (Å²) >= 11 is 0. The first-order valence-electron chi connectivity index (χ1n) is 6.67. The highest BCUT2D eigenvalue weighted by Crippen LogP contribution is 2.43. The van der Waals surface area contributed by atoms with Crippen molar-refractivity contribution in [2.45, 2.75) is 63.8 Å². The highest BCUT2D eigenvalue weighted by molar-refractivity contribution is 5.86. The van der Waals surface area contributed by atoms with Gasteiger partial charge in [-0.1, -0.05) is 26.2 Å². The second kappa shape index (κ2) is 5.57. The van der Waals surface area contributed by atoms with Gasteiger partial charge in [-0.15, -0.1) is 12.4 Å². The third-order valence-corrected chi connectivity index (χ3v) is 4.74. The summed E-state index contributed by atoms with van der Waals surface area (Å²) < 4.78 is 0. The standard InChI is InChI=1S/C13H24N2O.ClH/c1-2-12(6-5-7-12)10-15-11(16)13(14)8-3-4-9-13;/h2-10,14H2,1H3,(H,15,16);1H. The Balaban J connectivity index is 0.00000144. The molecule has 2 fully saturated rings. The smallest absolute Gasteiger partial charge is 0.240 e. The quantitative estimate of drug-likeness (QED) is 0.816. The number of amides is 1. The number of carbonyl (C=O) groups excluding carboxylic acids is 1. The van der Waals surface area contributed by atoms with Crippen LogP contribution >= 0.6 is 12.4 Å². The van der Waals surface area contributed by atoms with Crippen molar-refractivity contribution in [2.24, 2.45) is 11.1 Å². The Hall–Kier alpha value is -0.280. The number of nitrogens with one attached hydrogen (secondary N) is 1. The molecule has 2 saturated carbocycles. The van der Waals surface area contributed by atoms with E-state index >= 15 is 0 Å². The van der Waals surface area contributed by atoms with Crippen LogP contribution in [0.25, 0.3) is 0 Å². The summed E-state index contributed by atoms with van der Waals surface area (Å²) in [6, 6.07) is 0. The summed E-state index contributed by atoms with van der Waals surface area (Å²) in [6.07, 6.45) is 8.94. The van der Waals surface area contributed by atoms with Crippen LogP contribution in [-0.2, 0) is 4.79 Å². The summed E-state index contributed by atoms with van der Waals surface area (Å²) in [5, 5.41) is 3.09. The highest BCUT2D eigenvalue weighted by atomic mass is 35.5. The Bertz CT molecular complexity index is 265. The van der Waals surface area contributed by atoms with Crippen LogP contribution in [0, 0.1) is 5.41 Å². The van der Waals surface area contributed by atoms with E-state index in [2.05, 4.69) is 12.2 Å². The van der Waals surface area contributed by atoms with E-state index in [9.17, 15) is 4.79 Å². The monoisotopic (exact) mass is 260 g/mol. The van der Waals surface area contributed by atoms with E-state index in [1.807, 2.05) is 0 Å². The third-order valence-electron chi connectivity index (χ3n) is 4.74. The molecular formula is C13H25ClN2O. The zero-order chi connectivity index (χ0) is 11.6. The molecule has 0 radical (unpaired) electrons. The summed E-state index contributed by atoms with van der Waals surface area (Å²) in [7, 11) is 0. The second-order valence-electron chi connectivity index (χ2n) is 5.75. The molecule has 4 heteroatoms. The van der Waals surface area contributed by atoms with Crippen molar-refractivity contribution in [2.75, 3.05) is 6.54 Å². The maximum atomic E-state index is 12.0. The zero-order valence-corrected chi connectivity index (χ0v) is 11.6. The van der Waals surface area contributed by atoms with E-state index in [1.54, 1.807) is 0 Å². The Morgan fingerprint density at radius 3 is 2.18 bits per heavy atom. The molecule has 0 aromatic heterocycles. The van der Waals surface area contributed by atoms with E-state index in [1.165, 1.54) is 25.7 Å². The molecule has 3 N–H and O–H groups in total. The van der Waals surface area contributed by atoms with Crippen LogP contribution in [0.4, 0.5) is 0 Å². The average Bonchev–Trinajstić information content (AvgIpc) is 2.65. The number of hydrogen-bond donors (Lipinski definition) is 2. The molecule has 100 valence electrons. The number of halogens is 1. The maximum Gasteiger partial charge on any atom is 0.240 e. The van der Waals surface area contributed by atoms with Crippen LogP contribution in [0.2, 0.25) is 0 Å². The zero-order valence-electron chi connectivity index (χ0n) is 10.8. The summed E-state index contributed by atoms with van der Waals surface area (Å²) in [5.41, 5.74) is 5.96. The highest BCUT2D eigenvalue weighted by Gasteiger charge is 2.40. The number of hydrogen-bond acceptors (Lipinski definition) is 2. The van der Waals surface area contributed by atoms with Gasteiger partial charge in [0, 0.05) is 6.54 Å². The van der Waals surface area contributed by atoms with Gasteiger partial charge >= 0.3 is 0 Å². The third kappa shape index (κ3) is 2.94. The van der Waals surface area contributed by atoms with Crippen molar-refractivity contribution < 1.29 is 4.79 Å². The Kier molecular flexibility index (Phi) is 4.85. The van der Waals surface area contributed by atoms with Crippen molar-refractivity contribution in [1.29, 1.82) is 0 Å². The number of nitrogens with two attached hydrogens (primary N) is 1. The van der Waals surface area contributed by atoms with Crippen LogP contribution in [-0.4, -0.2) is 18.0 Å². The first kappa shape index (κ1) is 14.8. The van der Waals surface area contributed by atoms with Gasteiger partial charge in [0.2, 0.25) is 5.91 Å². The molecule has 3 nitrogen and oxygen atoms in total. The lowest BCUT2D eigenvalue weighted by atomic mass is 9.67. The molecule has 0 atom stereocenters. The number of rotatable bonds is 4. The molecule has 0 bridgehead atoms. The van der Waals surface area contributed by atoms with Gasteiger partial charge < -0.3 is 11.1 Å². The predicted octanol–water partition coefficient (Wildman–Crippen LogP) is 2.38. The second-order valence-corrected chi connectivity index (χ2v) is 5.75. The molecule has 0 saturated heterocycles. The first-order chi connectivity index (χ1) is 7.60. The topological polar surface area (TPSA) is 55.1 Å². The van der Waals surface area contributed by atoms with Gasteiger partial charge in [-0.25, -0.2) is 0 Å². The largest absolute Gasteiger partial charge is 0.354 e. The van der Waals surface area contributed by atoms with Crippen LogP contribution < -0.4 is 11.1 Å². The molecule has 0 aromatic carbocycles. The van der Waals surface area contributed by atoms with E-state index < -0.39 is 5.54 Å². The SMILES string of the molecule is CCC1(CNC(=O)C2(N)CCCC2)CCC1.Cl. The predicted molar refractivity (Wildman–Crippen MR) is 72.2 cm³/mol. The van der Waals surface area contributed by atoms with Crippen molar-refractivity contribution >= 4 is 18.3 Å². The minimum Gasteiger partial charge on any atom is -0.354 e. The molecule has 0 spiro atoms. The fourth-order valence-corrected chi connectivity index (χ4v) is 3.01. The van der Waals surface area contributed by atoms with E-state index in [-0.39, 0.29) is 18.3 Å². The van der Waals surface area contributed by atoms with Crippen molar-refractivity contribution in [1.82, 2.24) is 5.32 Å². The van der Waals surface area contributed by atoms with Gasteiger partial charge in [0.1, 0.15) is 0 Å². The molecule has 1 amide bonds. The lowest BCUT2D eigenvalue weighted by Crippen LogP contribution is -2.54. The van der Waals surface area contributed by atoms with Gasteiger partial charge in [-0.3, -0.25) is 4.79 Å². The lowest BCUT2D eigenvalue weighted by molar-refractivity contribution is -0.127. The molecular weight excluding hydrogens is 236 g/mol. The van der Waals surface area contributed by atoms with Gasteiger partial charge in [0.25, 0.3) is 0 Å². The maximum absolute atomic E-state index is 12.0. The molecule has 17 heavy (non-hydrogen) atoms.